The van der Waals surface area contributed by atoms with Crippen LogP contribution in [0.15, 0.2) is 17.3 Å². The number of rotatable bonds is 6. The van der Waals surface area contributed by atoms with Crippen LogP contribution in [0, 0.1) is 6.92 Å². The van der Waals surface area contributed by atoms with Crippen LogP contribution in [0.4, 0.5) is 5.69 Å². The third-order valence-electron chi connectivity index (χ3n) is 3.28. The van der Waals surface area contributed by atoms with Gasteiger partial charge < -0.3 is 5.02 Å². The molecule has 0 aliphatic carbocycles. The van der Waals surface area contributed by atoms with Crippen molar-refractivity contribution in [1.29, 1.82) is 0 Å². The Labute approximate surface area is 143 Å². The number of carbonyl (C=O) groups is 2. The van der Waals surface area contributed by atoms with Crippen LogP contribution < -0.4 is 10.6 Å². The van der Waals surface area contributed by atoms with E-state index in [9.17, 15) is 14.6 Å². The average molecular weight is 332 g/mol. The summed E-state index contributed by atoms with van der Waals surface area (Å²) in [6, 6.07) is 1.90. The van der Waals surface area contributed by atoms with Crippen LogP contribution in [0.5, 0.6) is 0 Å². The topological polar surface area (TPSA) is 104 Å². The molecule has 130 valence electrons. The normalized spacial score (nSPS) is 10.0. The van der Waals surface area contributed by atoms with E-state index >= 15 is 0 Å². The number of aromatic nitrogens is 1. The van der Waals surface area contributed by atoms with Gasteiger partial charge in [-0.25, -0.2) is 4.99 Å². The molecule has 0 saturated carbocycles. The van der Waals surface area contributed by atoms with Crippen molar-refractivity contribution in [3.63, 3.8) is 0 Å². The van der Waals surface area contributed by atoms with E-state index in [1.807, 2.05) is 13.0 Å². The number of carbonyl (C=O) groups excluding carboxylic acids is 2. The second-order valence-corrected chi connectivity index (χ2v) is 5.87. The maximum atomic E-state index is 11.2. The smallest absolute Gasteiger partial charge is 0.285 e. The number of aryl methyl sites for hydroxylation is 2. The highest BCUT2D eigenvalue weighted by molar-refractivity contribution is 6.48. The van der Waals surface area contributed by atoms with E-state index in [1.54, 1.807) is 13.0 Å². The Hall–Kier alpha value is -2.22. The maximum Gasteiger partial charge on any atom is 0.285 e. The Bertz CT molecular complexity index is 599. The summed E-state index contributed by atoms with van der Waals surface area (Å²) < 4.78 is 0. The van der Waals surface area contributed by atoms with Gasteiger partial charge in [0, 0.05) is 20.0 Å². The van der Waals surface area contributed by atoms with Crippen molar-refractivity contribution in [2.75, 3.05) is 0 Å². The molecule has 0 bridgehead atoms. The van der Waals surface area contributed by atoms with E-state index in [-0.39, 0.29) is 24.7 Å². The number of hydrogen-bond donors (Lipinski definition) is 3. The molecule has 3 N–H and O–H groups in total. The zero-order chi connectivity index (χ0) is 18.1. The molecular weight excluding hydrogens is 307 g/mol. The molecule has 0 fully saturated rings. The maximum absolute atomic E-state index is 11.2. The molecule has 0 radical (unpaired) electrons. The van der Waals surface area contributed by atoms with Crippen LogP contribution in [-0.2, 0) is 16.0 Å². The van der Waals surface area contributed by atoms with Crippen LogP contribution >= 0.6 is 0 Å². The van der Waals surface area contributed by atoms with Crippen LogP contribution in [-0.4, -0.2) is 34.7 Å². The molecule has 2 amide bonds. The molecule has 24 heavy (non-hydrogen) atoms. The number of aliphatic imine (C=N–C) groups is 1. The lowest BCUT2D eigenvalue weighted by molar-refractivity contribution is -0.117. The van der Waals surface area contributed by atoms with Crippen molar-refractivity contribution in [1.82, 2.24) is 15.6 Å². The number of pyridine rings is 1. The Morgan fingerprint density at radius 2 is 1.88 bits per heavy atom. The molecule has 0 aromatic carbocycles. The molecule has 0 spiro atoms. The molecular formula is C16H25BN4O3. The first kappa shape index (κ1) is 19.8. The predicted octanol–water partition coefficient (Wildman–Crippen LogP) is 1.59. The molecule has 0 aliphatic rings. The number of nitrogens with one attached hydrogen (secondary N) is 2. The molecule has 1 aromatic heterocycles. The lowest BCUT2D eigenvalue weighted by Gasteiger charge is -2.09. The van der Waals surface area contributed by atoms with E-state index in [4.69, 9.17) is 0 Å². The minimum atomic E-state index is -0.317. The number of hydrogen-bond acceptors (Lipinski definition) is 5. The van der Waals surface area contributed by atoms with Gasteiger partial charge in [0.1, 0.15) is 0 Å². The molecule has 0 unspecified atom stereocenters. The molecule has 8 heteroatoms. The van der Waals surface area contributed by atoms with Crippen LogP contribution in [0.25, 0.3) is 0 Å². The Kier molecular flexibility index (Phi) is 8.11. The lowest BCUT2D eigenvalue weighted by Crippen LogP contribution is -2.41. The van der Waals surface area contributed by atoms with Gasteiger partial charge in [-0.2, -0.15) is 0 Å². The number of unbranched alkanes of at least 4 members (excludes halogenated alkanes) is 1. The second kappa shape index (κ2) is 9.82. The summed E-state index contributed by atoms with van der Waals surface area (Å²) in [4.78, 5) is 31.1. The fourth-order valence-electron chi connectivity index (χ4n) is 2.12. The summed E-state index contributed by atoms with van der Waals surface area (Å²) in [5.74, 6) is -0.545. The SMILES string of the molecule is CB(O)CCCCc1cnc(C)c(N=C(NC(C)=O)NC(C)=O)c1. The van der Waals surface area contributed by atoms with E-state index < -0.39 is 0 Å². The van der Waals surface area contributed by atoms with Gasteiger partial charge >= 0.3 is 0 Å². The third-order valence-corrected chi connectivity index (χ3v) is 3.28. The van der Waals surface area contributed by atoms with Crippen molar-refractivity contribution in [2.45, 2.75) is 53.2 Å². The molecule has 1 heterocycles. The summed E-state index contributed by atoms with van der Waals surface area (Å²) in [5.41, 5.74) is 2.33. The van der Waals surface area contributed by atoms with Gasteiger partial charge in [0.2, 0.25) is 17.8 Å². The van der Waals surface area contributed by atoms with Gasteiger partial charge in [0.15, 0.2) is 0 Å². The minimum absolute atomic E-state index is 0.0890. The van der Waals surface area contributed by atoms with Crippen molar-refractivity contribution in [3.05, 3.63) is 23.5 Å². The summed E-state index contributed by atoms with van der Waals surface area (Å²) in [7, 11) is 0. The summed E-state index contributed by atoms with van der Waals surface area (Å²) in [6.45, 7) is 6.02. The van der Waals surface area contributed by atoms with Gasteiger partial charge in [-0.3, -0.25) is 25.2 Å². The quantitative estimate of drug-likeness (QED) is 0.318. The predicted molar refractivity (Wildman–Crippen MR) is 95.3 cm³/mol. The molecule has 1 rings (SSSR count). The molecule has 0 saturated heterocycles. The van der Waals surface area contributed by atoms with Crippen LogP contribution in [0.1, 0.15) is 37.9 Å². The number of amides is 2. The zero-order valence-electron chi connectivity index (χ0n) is 14.7. The van der Waals surface area contributed by atoms with Gasteiger partial charge in [-0.15, -0.1) is 0 Å². The Balaban J connectivity index is 2.87. The standard InChI is InChI=1S/C16H25BN4O3/c1-11-15(21-16(19-12(2)22)20-13(3)23)9-14(10-18-11)7-5-6-8-17(4)24/h9-10,24H,5-8H2,1-4H3,(H2,19,20,21,22,23). The second-order valence-electron chi connectivity index (χ2n) is 5.87. The fourth-order valence-corrected chi connectivity index (χ4v) is 2.12. The van der Waals surface area contributed by atoms with Crippen LogP contribution in [0.2, 0.25) is 13.1 Å². The van der Waals surface area contributed by atoms with Crippen LogP contribution in [0.3, 0.4) is 0 Å². The minimum Gasteiger partial charge on any atom is -0.451 e. The highest BCUT2D eigenvalue weighted by Crippen LogP contribution is 2.19. The first-order valence-electron chi connectivity index (χ1n) is 8.05. The molecule has 1 aromatic rings. The third kappa shape index (κ3) is 7.87. The highest BCUT2D eigenvalue weighted by Gasteiger charge is 2.08. The van der Waals surface area contributed by atoms with Gasteiger partial charge in [0.05, 0.1) is 11.4 Å². The summed E-state index contributed by atoms with van der Waals surface area (Å²) in [6.07, 6.45) is 5.29. The van der Waals surface area contributed by atoms with Crippen molar-refractivity contribution >= 4 is 30.4 Å². The van der Waals surface area contributed by atoms with Gasteiger partial charge in [0.25, 0.3) is 6.92 Å². The summed E-state index contributed by atoms with van der Waals surface area (Å²) in [5, 5.41) is 14.3. The fraction of sp³-hybridized carbons (Fsp3) is 0.500. The number of nitrogens with zero attached hydrogens (tertiary/aromatic N) is 2. The molecule has 7 nitrogen and oxygen atoms in total. The Morgan fingerprint density at radius 1 is 1.25 bits per heavy atom. The highest BCUT2D eigenvalue weighted by atomic mass is 16.2. The van der Waals surface area contributed by atoms with Gasteiger partial charge in [-0.05, 0) is 37.7 Å². The van der Waals surface area contributed by atoms with Gasteiger partial charge in [-0.1, -0.05) is 13.2 Å². The Morgan fingerprint density at radius 3 is 2.42 bits per heavy atom. The van der Waals surface area contributed by atoms with E-state index in [0.29, 0.717) is 11.4 Å². The summed E-state index contributed by atoms with van der Waals surface area (Å²) >= 11 is 0. The average Bonchev–Trinajstić information content (AvgIpc) is 2.45. The van der Waals surface area contributed by atoms with Crippen molar-refractivity contribution in [3.8, 4) is 0 Å². The van der Waals surface area contributed by atoms with E-state index in [1.165, 1.54) is 13.8 Å². The van der Waals surface area contributed by atoms with E-state index in [0.717, 1.165) is 31.1 Å². The first-order valence-corrected chi connectivity index (χ1v) is 8.05. The van der Waals surface area contributed by atoms with Crippen molar-refractivity contribution in [2.24, 2.45) is 4.99 Å². The molecule has 0 aliphatic heterocycles. The monoisotopic (exact) mass is 332 g/mol. The zero-order valence-corrected chi connectivity index (χ0v) is 14.7. The number of guanidine groups is 1. The molecule has 0 atom stereocenters. The van der Waals surface area contributed by atoms with Crippen molar-refractivity contribution < 1.29 is 14.6 Å². The van der Waals surface area contributed by atoms with E-state index in [2.05, 4.69) is 20.6 Å². The largest absolute Gasteiger partial charge is 0.451 e. The lowest BCUT2D eigenvalue weighted by atomic mass is 9.67. The first-order chi connectivity index (χ1) is 11.3.